The molecule has 0 unspecified atom stereocenters. The van der Waals surface area contributed by atoms with Gasteiger partial charge >= 0.3 is 0 Å². The van der Waals surface area contributed by atoms with Gasteiger partial charge in [0, 0.05) is 30.6 Å². The van der Waals surface area contributed by atoms with Crippen LogP contribution in [0.3, 0.4) is 0 Å². The summed E-state index contributed by atoms with van der Waals surface area (Å²) in [6.45, 7) is 0. The van der Waals surface area contributed by atoms with Crippen molar-refractivity contribution in [3.8, 4) is 17.2 Å². The molecule has 0 aliphatic heterocycles. The third-order valence-electron chi connectivity index (χ3n) is 4.03. The van der Waals surface area contributed by atoms with Crippen LogP contribution in [0.25, 0.3) is 0 Å². The van der Waals surface area contributed by atoms with Gasteiger partial charge in [-0.25, -0.2) is 0 Å². The van der Waals surface area contributed by atoms with Gasteiger partial charge in [-0.15, -0.1) is 0 Å². The number of hydrogen-bond acceptors (Lipinski definition) is 4. The van der Waals surface area contributed by atoms with E-state index in [2.05, 4.69) is 10.3 Å². The molecule has 3 aromatic rings. The predicted octanol–water partition coefficient (Wildman–Crippen LogP) is 4.84. The van der Waals surface area contributed by atoms with Gasteiger partial charge in [-0.2, -0.15) is 0 Å². The summed E-state index contributed by atoms with van der Waals surface area (Å²) in [5.41, 5.74) is 1.91. The van der Waals surface area contributed by atoms with Crippen LogP contribution < -0.4 is 14.8 Å². The van der Waals surface area contributed by atoms with Crippen molar-refractivity contribution in [3.63, 3.8) is 0 Å². The maximum absolute atomic E-state index is 12.2. The first-order valence-electron chi connectivity index (χ1n) is 8.84. The Morgan fingerprint density at radius 2 is 1.74 bits per heavy atom. The Kier molecular flexibility index (Phi) is 6.41. The van der Waals surface area contributed by atoms with Crippen molar-refractivity contribution in [1.29, 1.82) is 0 Å². The largest absolute Gasteiger partial charge is 0.497 e. The summed E-state index contributed by atoms with van der Waals surface area (Å²) in [7, 11) is 1.65. The highest BCUT2D eigenvalue weighted by Gasteiger charge is 2.05. The summed E-state index contributed by atoms with van der Waals surface area (Å²) in [6, 6.07) is 18.8. The van der Waals surface area contributed by atoms with Crippen LogP contribution in [0.15, 0.2) is 73.1 Å². The predicted molar refractivity (Wildman–Crippen MR) is 105 cm³/mol. The second kappa shape index (κ2) is 9.38. The fourth-order valence-electron chi connectivity index (χ4n) is 2.65. The van der Waals surface area contributed by atoms with Crippen LogP contribution in [0.2, 0.25) is 0 Å². The quantitative estimate of drug-likeness (QED) is 0.623. The van der Waals surface area contributed by atoms with E-state index in [0.717, 1.165) is 24.3 Å². The molecule has 5 heteroatoms. The number of aromatic nitrogens is 1. The van der Waals surface area contributed by atoms with Crippen LogP contribution in [0, 0.1) is 0 Å². The molecule has 0 radical (unpaired) electrons. The second-order valence-electron chi connectivity index (χ2n) is 6.06. The molecular weight excluding hydrogens is 340 g/mol. The van der Waals surface area contributed by atoms with E-state index in [4.69, 9.17) is 9.47 Å². The van der Waals surface area contributed by atoms with Crippen LogP contribution in [-0.4, -0.2) is 18.0 Å². The molecule has 138 valence electrons. The van der Waals surface area contributed by atoms with E-state index >= 15 is 0 Å². The van der Waals surface area contributed by atoms with Crippen LogP contribution in [0.4, 0.5) is 5.69 Å². The number of anilines is 1. The lowest BCUT2D eigenvalue weighted by atomic mass is 10.1. The Balaban J connectivity index is 1.48. The number of rotatable bonds is 8. The van der Waals surface area contributed by atoms with Crippen molar-refractivity contribution in [3.05, 3.63) is 78.6 Å². The molecule has 0 aliphatic rings. The maximum atomic E-state index is 12.2. The topological polar surface area (TPSA) is 60.5 Å². The minimum Gasteiger partial charge on any atom is -0.497 e. The van der Waals surface area contributed by atoms with Crippen molar-refractivity contribution in [2.24, 2.45) is 0 Å². The average Bonchev–Trinajstić information content (AvgIpc) is 2.69. The zero-order valence-corrected chi connectivity index (χ0v) is 15.2. The Morgan fingerprint density at radius 3 is 2.48 bits per heavy atom. The molecule has 27 heavy (non-hydrogen) atoms. The first-order chi connectivity index (χ1) is 13.2. The van der Waals surface area contributed by atoms with Gasteiger partial charge in [-0.1, -0.05) is 18.2 Å². The van der Waals surface area contributed by atoms with Gasteiger partial charge in [0.15, 0.2) is 0 Å². The normalized spacial score (nSPS) is 10.3. The number of nitrogens with one attached hydrogen (secondary N) is 1. The third-order valence-corrected chi connectivity index (χ3v) is 4.03. The van der Waals surface area contributed by atoms with E-state index in [1.807, 2.05) is 48.5 Å². The Morgan fingerprint density at radius 1 is 0.963 bits per heavy atom. The number of pyridine rings is 1. The van der Waals surface area contributed by atoms with Crippen LogP contribution in [-0.2, 0) is 11.2 Å². The molecule has 1 aromatic heterocycles. The monoisotopic (exact) mass is 362 g/mol. The van der Waals surface area contributed by atoms with Crippen LogP contribution >= 0.6 is 0 Å². The first-order valence-corrected chi connectivity index (χ1v) is 8.84. The highest BCUT2D eigenvalue weighted by Crippen LogP contribution is 2.23. The first kappa shape index (κ1) is 18.5. The summed E-state index contributed by atoms with van der Waals surface area (Å²) < 4.78 is 10.9. The average molecular weight is 362 g/mol. The number of carbonyl (C=O) groups excluding carboxylic acids is 1. The van der Waals surface area contributed by atoms with E-state index < -0.39 is 0 Å². The number of nitrogens with zero attached hydrogens (tertiary/aromatic N) is 1. The Bertz CT molecular complexity index is 864. The minimum absolute atomic E-state index is 0.00965. The van der Waals surface area contributed by atoms with Crippen molar-refractivity contribution < 1.29 is 14.3 Å². The van der Waals surface area contributed by atoms with Gasteiger partial charge in [0.05, 0.1) is 7.11 Å². The molecule has 0 aliphatic carbocycles. The Hall–Kier alpha value is -3.34. The van der Waals surface area contributed by atoms with Crippen molar-refractivity contribution in [1.82, 2.24) is 4.98 Å². The fraction of sp³-hybridized carbons (Fsp3) is 0.182. The number of methoxy groups -OCH3 is 1. The summed E-state index contributed by atoms with van der Waals surface area (Å²) in [5, 5.41) is 2.92. The van der Waals surface area contributed by atoms with Crippen molar-refractivity contribution in [2.45, 2.75) is 19.3 Å². The molecule has 3 rings (SSSR count). The highest BCUT2D eigenvalue weighted by atomic mass is 16.5. The second-order valence-corrected chi connectivity index (χ2v) is 6.06. The number of hydrogen-bond donors (Lipinski definition) is 1. The molecule has 0 saturated heterocycles. The molecule has 0 saturated carbocycles. The molecule has 1 amide bonds. The highest BCUT2D eigenvalue weighted by molar-refractivity contribution is 5.90. The minimum atomic E-state index is -0.00965. The molecule has 0 spiro atoms. The van der Waals surface area contributed by atoms with E-state index in [1.165, 1.54) is 5.56 Å². The summed E-state index contributed by atoms with van der Waals surface area (Å²) in [5.74, 6) is 2.19. The van der Waals surface area contributed by atoms with E-state index in [1.54, 1.807) is 31.6 Å². The zero-order valence-electron chi connectivity index (χ0n) is 15.2. The third kappa shape index (κ3) is 5.85. The summed E-state index contributed by atoms with van der Waals surface area (Å²) >= 11 is 0. The van der Waals surface area contributed by atoms with Gasteiger partial charge < -0.3 is 14.8 Å². The van der Waals surface area contributed by atoms with Gasteiger partial charge in [-0.3, -0.25) is 9.78 Å². The molecule has 2 aromatic carbocycles. The van der Waals surface area contributed by atoms with Crippen LogP contribution in [0.5, 0.6) is 17.2 Å². The number of amides is 1. The lowest BCUT2D eigenvalue weighted by Crippen LogP contribution is -2.11. The van der Waals surface area contributed by atoms with E-state index in [-0.39, 0.29) is 5.91 Å². The van der Waals surface area contributed by atoms with E-state index in [9.17, 15) is 4.79 Å². The number of benzene rings is 2. The van der Waals surface area contributed by atoms with Crippen LogP contribution in [0.1, 0.15) is 18.4 Å². The molecule has 1 heterocycles. The molecule has 0 bridgehead atoms. The lowest BCUT2D eigenvalue weighted by molar-refractivity contribution is -0.116. The summed E-state index contributed by atoms with van der Waals surface area (Å²) in [6.07, 6.45) is 5.43. The number of carbonyl (C=O) groups is 1. The zero-order chi connectivity index (χ0) is 18.9. The van der Waals surface area contributed by atoms with Gasteiger partial charge in [0.25, 0.3) is 0 Å². The number of ether oxygens (including phenoxy) is 2. The van der Waals surface area contributed by atoms with Gasteiger partial charge in [0.1, 0.15) is 17.2 Å². The SMILES string of the molecule is COc1ccc(CCCC(=O)Nc2cccc(Oc3ccncc3)c2)cc1. The maximum Gasteiger partial charge on any atom is 0.224 e. The van der Waals surface area contributed by atoms with Gasteiger partial charge in [-0.05, 0) is 54.8 Å². The number of aryl methyl sites for hydroxylation is 1. The molecule has 0 atom stereocenters. The summed E-state index contributed by atoms with van der Waals surface area (Å²) in [4.78, 5) is 16.2. The molecule has 5 nitrogen and oxygen atoms in total. The molecular formula is C22H22N2O3. The van der Waals surface area contributed by atoms with Crippen molar-refractivity contribution >= 4 is 11.6 Å². The lowest BCUT2D eigenvalue weighted by Gasteiger charge is -2.09. The van der Waals surface area contributed by atoms with E-state index in [0.29, 0.717) is 17.9 Å². The molecule has 0 fully saturated rings. The smallest absolute Gasteiger partial charge is 0.224 e. The van der Waals surface area contributed by atoms with Crippen molar-refractivity contribution in [2.75, 3.05) is 12.4 Å². The van der Waals surface area contributed by atoms with Gasteiger partial charge in [0.2, 0.25) is 5.91 Å². The standard InChI is InChI=1S/C22H22N2O3/c1-26-19-10-8-17(9-11-19)4-2-7-22(25)24-18-5-3-6-21(16-18)27-20-12-14-23-15-13-20/h3,5-6,8-16H,2,4,7H2,1H3,(H,24,25). The Labute approximate surface area is 159 Å². The molecule has 1 N–H and O–H groups in total. The fourth-order valence-corrected chi connectivity index (χ4v) is 2.65.